The van der Waals surface area contributed by atoms with Gasteiger partial charge in [-0.25, -0.2) is 4.79 Å². The fraction of sp³-hybridized carbons (Fsp3) is 0.316. The lowest BCUT2D eigenvalue weighted by molar-refractivity contribution is 0.251. The molecule has 3 aromatic rings. The van der Waals surface area contributed by atoms with Gasteiger partial charge in [-0.1, -0.05) is 0 Å². The van der Waals surface area contributed by atoms with E-state index >= 15 is 0 Å². The summed E-state index contributed by atoms with van der Waals surface area (Å²) in [5.41, 5.74) is 2.20. The van der Waals surface area contributed by atoms with Crippen LogP contribution in [0.1, 0.15) is 30.9 Å². The van der Waals surface area contributed by atoms with E-state index in [0.29, 0.717) is 29.1 Å². The number of aromatic nitrogens is 2. The number of hydrogen-bond donors (Lipinski definition) is 2. The molecule has 1 aromatic carbocycles. The van der Waals surface area contributed by atoms with Gasteiger partial charge >= 0.3 is 6.03 Å². The number of rotatable bonds is 6. The third-order valence-corrected chi connectivity index (χ3v) is 4.49. The normalized spacial score (nSPS) is 13.7. The molecule has 2 aromatic heterocycles. The van der Waals surface area contributed by atoms with E-state index in [1.165, 1.54) is 30.9 Å². The van der Waals surface area contributed by atoms with Gasteiger partial charge in [0.1, 0.15) is 5.58 Å². The molecule has 7 nitrogen and oxygen atoms in total. The van der Waals surface area contributed by atoms with Gasteiger partial charge in [0, 0.05) is 42.7 Å². The zero-order valence-corrected chi connectivity index (χ0v) is 14.3. The first-order chi connectivity index (χ1) is 12.7. The third kappa shape index (κ3) is 3.61. The molecule has 0 aliphatic heterocycles. The van der Waals surface area contributed by atoms with Gasteiger partial charge in [0.15, 0.2) is 5.43 Å². The van der Waals surface area contributed by atoms with E-state index in [1.54, 1.807) is 18.2 Å². The highest BCUT2D eigenvalue weighted by Crippen LogP contribution is 2.39. The number of amides is 2. The Hall–Kier alpha value is -3.09. The van der Waals surface area contributed by atoms with Crippen LogP contribution < -0.4 is 16.1 Å². The highest BCUT2D eigenvalue weighted by atomic mass is 16.3. The number of nitrogens with one attached hydrogen (secondary N) is 2. The number of nitrogens with zero attached hydrogens (tertiary/aromatic N) is 2. The molecule has 0 spiro atoms. The molecule has 2 amide bonds. The van der Waals surface area contributed by atoms with Crippen molar-refractivity contribution in [3.63, 3.8) is 0 Å². The van der Waals surface area contributed by atoms with Gasteiger partial charge in [-0.2, -0.15) is 5.10 Å². The second kappa shape index (κ2) is 7.03. The highest BCUT2D eigenvalue weighted by Gasteiger charge is 2.26. The van der Waals surface area contributed by atoms with E-state index < -0.39 is 0 Å². The lowest BCUT2D eigenvalue weighted by Crippen LogP contribution is -2.30. The molecule has 2 heterocycles. The van der Waals surface area contributed by atoms with Crippen molar-refractivity contribution in [2.24, 2.45) is 0 Å². The summed E-state index contributed by atoms with van der Waals surface area (Å²) in [6, 6.07) is 8.13. The molecule has 1 aliphatic carbocycles. The van der Waals surface area contributed by atoms with Crippen molar-refractivity contribution >= 4 is 22.7 Å². The zero-order chi connectivity index (χ0) is 17.9. The SMILES string of the molecule is O=C(NCCCn1nccc1C1CC1)Nc1ccc2occc(=O)c2c1. The predicted molar refractivity (Wildman–Crippen MR) is 98.3 cm³/mol. The summed E-state index contributed by atoms with van der Waals surface area (Å²) in [4.78, 5) is 23.9. The van der Waals surface area contributed by atoms with E-state index in [1.807, 2.05) is 10.9 Å². The molecule has 26 heavy (non-hydrogen) atoms. The number of fused-ring (bicyclic) bond motifs is 1. The van der Waals surface area contributed by atoms with E-state index in [-0.39, 0.29) is 11.5 Å². The van der Waals surface area contributed by atoms with Crippen LogP contribution in [0.5, 0.6) is 0 Å². The lowest BCUT2D eigenvalue weighted by Gasteiger charge is -2.09. The summed E-state index contributed by atoms with van der Waals surface area (Å²) in [7, 11) is 0. The molecule has 0 saturated heterocycles. The first-order valence-corrected chi connectivity index (χ1v) is 8.79. The molecule has 4 rings (SSSR count). The summed E-state index contributed by atoms with van der Waals surface area (Å²) < 4.78 is 7.29. The first kappa shape index (κ1) is 16.4. The maximum atomic E-state index is 12.0. The van der Waals surface area contributed by atoms with Crippen molar-refractivity contribution in [1.29, 1.82) is 0 Å². The molecule has 0 atom stereocenters. The monoisotopic (exact) mass is 352 g/mol. The van der Waals surface area contributed by atoms with Crippen molar-refractivity contribution in [1.82, 2.24) is 15.1 Å². The molecular weight excluding hydrogens is 332 g/mol. The maximum Gasteiger partial charge on any atom is 0.319 e. The third-order valence-electron chi connectivity index (χ3n) is 4.49. The number of carbonyl (C=O) groups is 1. The van der Waals surface area contributed by atoms with Crippen LogP contribution >= 0.6 is 0 Å². The van der Waals surface area contributed by atoms with E-state index in [0.717, 1.165) is 13.0 Å². The largest absolute Gasteiger partial charge is 0.464 e. The van der Waals surface area contributed by atoms with Gasteiger partial charge in [-0.15, -0.1) is 0 Å². The molecule has 1 saturated carbocycles. The van der Waals surface area contributed by atoms with E-state index in [2.05, 4.69) is 21.8 Å². The average Bonchev–Trinajstić information content (AvgIpc) is 3.38. The predicted octanol–water partition coefficient (Wildman–Crippen LogP) is 3.08. The smallest absolute Gasteiger partial charge is 0.319 e. The Morgan fingerprint density at radius 2 is 2.15 bits per heavy atom. The number of urea groups is 1. The number of aryl methyl sites for hydroxylation is 1. The Labute approximate surface area is 150 Å². The number of anilines is 1. The Kier molecular flexibility index (Phi) is 4.43. The zero-order valence-electron chi connectivity index (χ0n) is 14.3. The lowest BCUT2D eigenvalue weighted by atomic mass is 10.2. The minimum absolute atomic E-state index is 0.138. The van der Waals surface area contributed by atoms with Crippen molar-refractivity contribution in [2.45, 2.75) is 31.7 Å². The van der Waals surface area contributed by atoms with Crippen molar-refractivity contribution in [3.05, 3.63) is 58.7 Å². The van der Waals surface area contributed by atoms with Crippen molar-refractivity contribution < 1.29 is 9.21 Å². The van der Waals surface area contributed by atoms with Crippen LogP contribution in [0.4, 0.5) is 10.5 Å². The van der Waals surface area contributed by atoms with Crippen LogP contribution in [0.3, 0.4) is 0 Å². The fourth-order valence-corrected chi connectivity index (χ4v) is 3.02. The van der Waals surface area contributed by atoms with Crippen LogP contribution in [0.25, 0.3) is 11.0 Å². The number of hydrogen-bond acceptors (Lipinski definition) is 4. The first-order valence-electron chi connectivity index (χ1n) is 8.79. The molecular formula is C19H20N4O3. The molecule has 0 radical (unpaired) electrons. The van der Waals surface area contributed by atoms with Crippen molar-refractivity contribution in [2.75, 3.05) is 11.9 Å². The summed E-state index contributed by atoms with van der Waals surface area (Å²) in [6.45, 7) is 1.33. The second-order valence-electron chi connectivity index (χ2n) is 6.48. The van der Waals surface area contributed by atoms with Crippen LogP contribution in [-0.2, 0) is 6.54 Å². The molecule has 0 bridgehead atoms. The van der Waals surface area contributed by atoms with Crippen LogP contribution in [0, 0.1) is 0 Å². The van der Waals surface area contributed by atoms with Crippen LogP contribution in [0.2, 0.25) is 0 Å². The summed E-state index contributed by atoms with van der Waals surface area (Å²) in [5, 5.41) is 10.4. The maximum absolute atomic E-state index is 12.0. The number of benzene rings is 1. The summed E-state index contributed by atoms with van der Waals surface area (Å²) in [5.74, 6) is 0.666. The van der Waals surface area contributed by atoms with Gasteiger partial charge in [0.25, 0.3) is 0 Å². The van der Waals surface area contributed by atoms with Gasteiger partial charge in [-0.05, 0) is 43.5 Å². The topological polar surface area (TPSA) is 89.2 Å². The van der Waals surface area contributed by atoms with Gasteiger partial charge < -0.3 is 15.1 Å². The van der Waals surface area contributed by atoms with Gasteiger partial charge in [0.05, 0.1) is 11.6 Å². The minimum atomic E-state index is -0.299. The Balaban J connectivity index is 1.28. The second-order valence-corrected chi connectivity index (χ2v) is 6.48. The molecule has 1 fully saturated rings. The fourth-order valence-electron chi connectivity index (χ4n) is 3.02. The molecule has 2 N–H and O–H groups in total. The highest BCUT2D eigenvalue weighted by molar-refractivity contribution is 5.92. The molecule has 7 heteroatoms. The van der Waals surface area contributed by atoms with E-state index in [9.17, 15) is 9.59 Å². The minimum Gasteiger partial charge on any atom is -0.464 e. The van der Waals surface area contributed by atoms with Crippen molar-refractivity contribution in [3.8, 4) is 0 Å². The Morgan fingerprint density at radius 3 is 3.00 bits per heavy atom. The quantitative estimate of drug-likeness (QED) is 0.667. The summed E-state index contributed by atoms with van der Waals surface area (Å²) >= 11 is 0. The molecule has 0 unspecified atom stereocenters. The van der Waals surface area contributed by atoms with Gasteiger partial charge in [0.2, 0.25) is 0 Å². The van der Waals surface area contributed by atoms with E-state index in [4.69, 9.17) is 4.42 Å². The molecule has 1 aliphatic rings. The van der Waals surface area contributed by atoms with Crippen LogP contribution in [-0.4, -0.2) is 22.4 Å². The average molecular weight is 352 g/mol. The van der Waals surface area contributed by atoms with Crippen LogP contribution in [0.15, 0.2) is 52.0 Å². The molecule has 134 valence electrons. The Bertz CT molecular complexity index is 988. The summed E-state index contributed by atoms with van der Waals surface area (Å²) in [6.07, 6.45) is 6.49. The number of carbonyl (C=O) groups excluding carboxylic acids is 1. The van der Waals surface area contributed by atoms with Gasteiger partial charge in [-0.3, -0.25) is 9.48 Å². The Morgan fingerprint density at radius 1 is 1.27 bits per heavy atom. The standard InChI is InChI=1S/C19H20N4O3/c24-17-7-11-26-18-5-4-14(12-15(17)18)22-19(25)20-8-1-10-23-16(6-9-21-23)13-2-3-13/h4-7,9,11-13H,1-3,8,10H2,(H2,20,22,25).